The van der Waals surface area contributed by atoms with Gasteiger partial charge in [0.1, 0.15) is 0 Å². The molecule has 2 rings (SSSR count). The van der Waals surface area contributed by atoms with E-state index in [1.165, 1.54) is 24.2 Å². The van der Waals surface area contributed by atoms with Crippen LogP contribution in [0.15, 0.2) is 40.5 Å². The number of aliphatic imine (C=N–C) groups is 1. The van der Waals surface area contributed by atoms with Gasteiger partial charge in [-0.25, -0.2) is 0 Å². The first-order valence-electron chi connectivity index (χ1n) is 5.48. The van der Waals surface area contributed by atoms with E-state index in [0.29, 0.717) is 4.88 Å². The minimum absolute atomic E-state index is 0.0954. The van der Waals surface area contributed by atoms with Crippen molar-refractivity contribution in [2.24, 2.45) is 10.7 Å². The molecule has 0 atom stereocenters. The number of nitrogens with two attached hydrogens (primary N) is 1. The molecule has 8 heteroatoms. The monoisotopic (exact) mass is 296 g/mol. The van der Waals surface area contributed by atoms with Crippen LogP contribution in [-0.2, 0) is 6.18 Å². The van der Waals surface area contributed by atoms with Crippen molar-refractivity contribution >= 4 is 30.0 Å². The number of hydrogen-bond donors (Lipinski definition) is 1. The molecule has 0 bridgehead atoms. The van der Waals surface area contributed by atoms with Crippen LogP contribution in [0.3, 0.4) is 0 Å². The standard InChI is InChI=1S/C12H8BF3N2OS/c14-12(15,16)8-3-4-13-6-7(8)11(19)18-10(17)9-2-1-5-20-9/h1-6H,(H2,17,18,19). The summed E-state index contributed by atoms with van der Waals surface area (Å²) in [4.78, 5) is 15.9. The normalized spacial score (nSPS) is 12.2. The van der Waals surface area contributed by atoms with Crippen molar-refractivity contribution in [1.82, 2.24) is 0 Å². The van der Waals surface area contributed by atoms with Crippen LogP contribution in [0.2, 0.25) is 0 Å². The maximum atomic E-state index is 12.8. The Hall–Kier alpha value is -1.96. The second-order valence-electron chi connectivity index (χ2n) is 3.82. The van der Waals surface area contributed by atoms with Crippen molar-refractivity contribution in [1.29, 1.82) is 0 Å². The number of rotatable bonds is 2. The number of amidine groups is 1. The number of hydrogen-bond acceptors (Lipinski definition) is 2. The van der Waals surface area contributed by atoms with Crippen LogP contribution >= 0.6 is 11.3 Å². The maximum absolute atomic E-state index is 12.8. The van der Waals surface area contributed by atoms with Crippen molar-refractivity contribution in [3.8, 4) is 0 Å². The predicted molar refractivity (Wildman–Crippen MR) is 72.2 cm³/mol. The van der Waals surface area contributed by atoms with Gasteiger partial charge in [-0.05, 0) is 0 Å². The molecule has 0 unspecified atom stereocenters. The van der Waals surface area contributed by atoms with Crippen molar-refractivity contribution in [3.63, 3.8) is 0 Å². The van der Waals surface area contributed by atoms with Crippen molar-refractivity contribution in [2.75, 3.05) is 0 Å². The van der Waals surface area contributed by atoms with Gasteiger partial charge in [0.15, 0.2) is 0 Å². The van der Waals surface area contributed by atoms with Gasteiger partial charge in [0.25, 0.3) is 0 Å². The van der Waals surface area contributed by atoms with Crippen LogP contribution in [0, 0.1) is 0 Å². The third kappa shape index (κ3) is 3.13. The molecule has 0 aromatic carbocycles. The molecule has 0 fully saturated rings. The van der Waals surface area contributed by atoms with Gasteiger partial charge in [-0.15, -0.1) is 0 Å². The summed E-state index contributed by atoms with van der Waals surface area (Å²) in [5.74, 6) is 1.19. The fourth-order valence-corrected chi connectivity index (χ4v) is 2.19. The van der Waals surface area contributed by atoms with Crippen molar-refractivity contribution < 1.29 is 18.0 Å². The Labute approximate surface area is 117 Å². The molecule has 0 aliphatic heterocycles. The zero-order valence-electron chi connectivity index (χ0n) is 10.0. The van der Waals surface area contributed by atoms with Crippen molar-refractivity contribution in [3.05, 3.63) is 51.5 Å². The molecule has 0 saturated carbocycles. The van der Waals surface area contributed by atoms with Crippen molar-refractivity contribution in [2.45, 2.75) is 6.18 Å². The number of thiophene rings is 1. The molecule has 20 heavy (non-hydrogen) atoms. The molecule has 0 aliphatic rings. The second-order valence-corrected chi connectivity index (χ2v) is 4.77. The molecule has 2 aromatic rings. The topological polar surface area (TPSA) is 55.4 Å². The number of nitrogens with zero attached hydrogens (tertiary/aromatic N) is 1. The van der Waals surface area contributed by atoms with E-state index in [-0.39, 0.29) is 5.84 Å². The molecule has 102 valence electrons. The molecular weight excluding hydrogens is 288 g/mol. The second kappa shape index (κ2) is 5.58. The van der Waals surface area contributed by atoms with E-state index in [2.05, 4.69) is 4.99 Å². The molecule has 2 heterocycles. The summed E-state index contributed by atoms with van der Waals surface area (Å²) in [6.45, 7) is 1.35. The van der Waals surface area contributed by atoms with Gasteiger partial charge in [0.05, 0.1) is 0 Å². The molecule has 3 nitrogen and oxygen atoms in total. The fraction of sp³-hybridized carbons (Fsp3) is 0.0833. The van der Waals surface area contributed by atoms with Gasteiger partial charge in [-0.1, -0.05) is 0 Å². The summed E-state index contributed by atoms with van der Waals surface area (Å²) in [7, 11) is 0. The number of alkyl halides is 3. The van der Waals surface area contributed by atoms with E-state index in [1.54, 1.807) is 17.5 Å². The first kappa shape index (κ1) is 14.5. The van der Waals surface area contributed by atoms with Crippen LogP contribution < -0.4 is 5.73 Å². The molecule has 2 aromatic heterocycles. The number of carbonyl (C=O) groups is 1. The zero-order valence-corrected chi connectivity index (χ0v) is 10.8. The Morgan fingerprint density at radius 2 is 2.10 bits per heavy atom. The van der Waals surface area contributed by atoms with Crippen LogP contribution in [0.25, 0.3) is 0 Å². The van der Waals surface area contributed by atoms with Crippen LogP contribution in [0.1, 0.15) is 20.8 Å². The quantitative estimate of drug-likeness (QED) is 0.684. The summed E-state index contributed by atoms with van der Waals surface area (Å²) in [6, 6.07) is 4.17. The molecule has 0 saturated heterocycles. The van der Waals surface area contributed by atoms with Gasteiger partial charge in [-0.3, -0.25) is 0 Å². The van der Waals surface area contributed by atoms with Crippen LogP contribution in [0.5, 0.6) is 0 Å². The Morgan fingerprint density at radius 3 is 2.70 bits per heavy atom. The summed E-state index contributed by atoms with van der Waals surface area (Å²) < 4.78 is 38.4. The Balaban J connectivity index is 2.38. The molecule has 0 radical (unpaired) electrons. The summed E-state index contributed by atoms with van der Waals surface area (Å²) >= 11 is 1.25. The van der Waals surface area contributed by atoms with Crippen LogP contribution in [-0.4, -0.2) is 18.7 Å². The van der Waals surface area contributed by atoms with Gasteiger partial charge in [0.2, 0.25) is 0 Å². The number of carbonyl (C=O) groups excluding carboxylic acids is 1. The predicted octanol–water partition coefficient (Wildman–Crippen LogP) is 2.65. The minimum atomic E-state index is -4.61. The zero-order chi connectivity index (χ0) is 14.8. The van der Waals surface area contributed by atoms with E-state index in [1.807, 2.05) is 0 Å². The van der Waals surface area contributed by atoms with Gasteiger partial charge < -0.3 is 0 Å². The van der Waals surface area contributed by atoms with Gasteiger partial charge >= 0.3 is 116 Å². The van der Waals surface area contributed by atoms with Gasteiger partial charge in [-0.2, -0.15) is 0 Å². The first-order valence-corrected chi connectivity index (χ1v) is 6.36. The molecular formula is C12H8BF3N2OS. The SMILES string of the molecule is NC(=NC(=O)c1cbccc1C(F)(F)F)c1cccs1. The fourth-order valence-electron chi connectivity index (χ4n) is 1.57. The molecule has 1 amide bonds. The van der Waals surface area contributed by atoms with E-state index in [0.717, 1.165) is 12.0 Å². The van der Waals surface area contributed by atoms with Crippen LogP contribution in [0.4, 0.5) is 13.2 Å². The molecule has 2 N–H and O–H groups in total. The summed E-state index contributed by atoms with van der Waals surface area (Å²) in [6.07, 6.45) is -4.61. The van der Waals surface area contributed by atoms with E-state index in [9.17, 15) is 18.0 Å². The molecule has 0 aliphatic carbocycles. The van der Waals surface area contributed by atoms with E-state index in [4.69, 9.17) is 5.73 Å². The Morgan fingerprint density at radius 1 is 1.35 bits per heavy atom. The number of halogens is 3. The third-order valence-corrected chi connectivity index (χ3v) is 3.35. The Bertz CT molecular complexity index is 653. The van der Waals surface area contributed by atoms with Gasteiger partial charge in [0, 0.05) is 0 Å². The van der Waals surface area contributed by atoms with E-state index >= 15 is 0 Å². The first-order chi connectivity index (χ1) is 9.39. The number of amides is 1. The summed E-state index contributed by atoms with van der Waals surface area (Å²) in [5.41, 5.74) is 4.06. The summed E-state index contributed by atoms with van der Waals surface area (Å²) in [5, 5.41) is 1.73. The average molecular weight is 296 g/mol. The molecule has 0 spiro atoms. The Kier molecular flexibility index (Phi) is 4.03. The average Bonchev–Trinajstić information content (AvgIpc) is 2.91. The third-order valence-electron chi connectivity index (χ3n) is 2.46. The van der Waals surface area contributed by atoms with E-state index < -0.39 is 23.2 Å².